The van der Waals surface area contributed by atoms with Gasteiger partial charge in [-0.15, -0.1) is 0 Å². The van der Waals surface area contributed by atoms with Gasteiger partial charge in [0, 0.05) is 19.4 Å². The first-order chi connectivity index (χ1) is 13.2. The van der Waals surface area contributed by atoms with Gasteiger partial charge < -0.3 is 0 Å². The first-order valence-corrected chi connectivity index (χ1v) is 11.4. The number of hydrogen-bond donors (Lipinski definition) is 0. The van der Waals surface area contributed by atoms with E-state index >= 15 is 0 Å². The molecule has 0 spiro atoms. The van der Waals surface area contributed by atoms with Crippen LogP contribution in [0, 0.1) is 6.92 Å². The number of benzene rings is 1. The van der Waals surface area contributed by atoms with Gasteiger partial charge in [-0.3, -0.25) is 14.7 Å². The Kier molecular flexibility index (Phi) is 5.99. The summed E-state index contributed by atoms with van der Waals surface area (Å²) in [6.07, 6.45) is 4.37. The van der Waals surface area contributed by atoms with E-state index in [2.05, 4.69) is 9.97 Å². The molecule has 0 radical (unpaired) electrons. The lowest BCUT2D eigenvalue weighted by Crippen LogP contribution is -2.40. The SMILES string of the molecule is Cc1ccc(Cl)c2sc(N(Cc3cccnc3)C(=O)CN(C)S(C)(=O)=O)nc12. The number of pyridine rings is 1. The second-order valence-corrected chi connectivity index (χ2v) is 9.87. The minimum atomic E-state index is -3.49. The summed E-state index contributed by atoms with van der Waals surface area (Å²) in [4.78, 5) is 23.1. The third-order valence-corrected chi connectivity index (χ3v) is 7.01. The topological polar surface area (TPSA) is 83.5 Å². The highest BCUT2D eigenvalue weighted by Crippen LogP contribution is 2.36. The van der Waals surface area contributed by atoms with Crippen LogP contribution in [0.2, 0.25) is 5.02 Å². The number of likely N-dealkylation sites (N-methyl/N-ethyl adjacent to an activating group) is 1. The third kappa shape index (κ3) is 4.49. The summed E-state index contributed by atoms with van der Waals surface area (Å²) >= 11 is 7.60. The van der Waals surface area contributed by atoms with Crippen molar-refractivity contribution in [2.24, 2.45) is 0 Å². The maximum absolute atomic E-state index is 13.0. The molecule has 1 amide bonds. The molecule has 3 aromatic rings. The summed E-state index contributed by atoms with van der Waals surface area (Å²) in [7, 11) is -2.12. The van der Waals surface area contributed by atoms with Crippen molar-refractivity contribution in [3.8, 4) is 0 Å². The molecule has 0 fully saturated rings. The predicted octanol–water partition coefficient (Wildman–Crippen LogP) is 3.08. The minimum absolute atomic E-state index is 0.223. The van der Waals surface area contributed by atoms with Crippen molar-refractivity contribution in [2.45, 2.75) is 13.5 Å². The second kappa shape index (κ2) is 8.12. The summed E-state index contributed by atoms with van der Waals surface area (Å²) in [6.45, 7) is 1.86. The molecular formula is C18H19ClN4O3S2. The number of fused-ring (bicyclic) bond motifs is 1. The van der Waals surface area contributed by atoms with Crippen LogP contribution in [0.4, 0.5) is 5.13 Å². The van der Waals surface area contributed by atoms with Crippen molar-refractivity contribution in [2.75, 3.05) is 24.7 Å². The van der Waals surface area contributed by atoms with E-state index in [-0.39, 0.29) is 19.0 Å². The van der Waals surface area contributed by atoms with Gasteiger partial charge in [0.25, 0.3) is 0 Å². The van der Waals surface area contributed by atoms with E-state index in [0.29, 0.717) is 10.2 Å². The number of carbonyl (C=O) groups is 1. The van der Waals surface area contributed by atoms with Crippen molar-refractivity contribution in [1.29, 1.82) is 0 Å². The molecule has 7 nitrogen and oxygen atoms in total. The summed E-state index contributed by atoms with van der Waals surface area (Å²) in [5.41, 5.74) is 2.48. The molecule has 28 heavy (non-hydrogen) atoms. The third-order valence-electron chi connectivity index (χ3n) is 4.21. The van der Waals surface area contributed by atoms with Gasteiger partial charge >= 0.3 is 0 Å². The lowest BCUT2D eigenvalue weighted by molar-refractivity contribution is -0.118. The van der Waals surface area contributed by atoms with Crippen molar-refractivity contribution in [3.63, 3.8) is 0 Å². The Morgan fingerprint density at radius 1 is 1.29 bits per heavy atom. The van der Waals surface area contributed by atoms with Gasteiger partial charge in [-0.05, 0) is 30.2 Å². The van der Waals surface area contributed by atoms with E-state index in [1.54, 1.807) is 24.5 Å². The zero-order chi connectivity index (χ0) is 20.5. The fraction of sp³-hybridized carbons (Fsp3) is 0.278. The molecule has 0 unspecified atom stereocenters. The first kappa shape index (κ1) is 20.7. The van der Waals surface area contributed by atoms with Gasteiger partial charge in [0.05, 0.1) is 34.6 Å². The Bertz CT molecular complexity index is 1080. The molecule has 0 aliphatic heterocycles. The van der Waals surface area contributed by atoms with Crippen molar-refractivity contribution >= 4 is 54.2 Å². The molecule has 1 aromatic carbocycles. The highest BCUT2D eigenvalue weighted by Gasteiger charge is 2.25. The number of rotatable bonds is 6. The highest BCUT2D eigenvalue weighted by atomic mass is 35.5. The molecule has 0 aliphatic rings. The van der Waals surface area contributed by atoms with Crippen molar-refractivity contribution < 1.29 is 13.2 Å². The zero-order valence-corrected chi connectivity index (χ0v) is 18.0. The van der Waals surface area contributed by atoms with Crippen molar-refractivity contribution in [1.82, 2.24) is 14.3 Å². The van der Waals surface area contributed by atoms with E-state index in [1.807, 2.05) is 19.1 Å². The van der Waals surface area contributed by atoms with Crippen LogP contribution in [0.1, 0.15) is 11.1 Å². The Morgan fingerprint density at radius 2 is 2.04 bits per heavy atom. The van der Waals surface area contributed by atoms with E-state index < -0.39 is 10.0 Å². The van der Waals surface area contributed by atoms with E-state index in [4.69, 9.17) is 11.6 Å². The molecule has 0 N–H and O–H groups in total. The summed E-state index contributed by atoms with van der Waals surface area (Å²) in [5.74, 6) is -0.385. The van der Waals surface area contributed by atoms with Crippen LogP contribution in [0.3, 0.4) is 0 Å². The highest BCUT2D eigenvalue weighted by molar-refractivity contribution is 7.88. The van der Waals surface area contributed by atoms with Gasteiger partial charge in [-0.2, -0.15) is 4.31 Å². The molecule has 2 aromatic heterocycles. The molecule has 0 atom stereocenters. The summed E-state index contributed by atoms with van der Waals surface area (Å²) in [5, 5.41) is 1.02. The number of sulfonamides is 1. The number of amides is 1. The molecule has 2 heterocycles. The quantitative estimate of drug-likeness (QED) is 0.590. The normalized spacial score (nSPS) is 11.9. The first-order valence-electron chi connectivity index (χ1n) is 8.33. The maximum atomic E-state index is 13.0. The Hall–Kier alpha value is -2.07. The average molecular weight is 439 g/mol. The molecular weight excluding hydrogens is 420 g/mol. The molecule has 3 rings (SSSR count). The standard InChI is InChI=1S/C18H19ClN4O3S2/c1-12-6-7-14(19)17-16(12)21-18(27-17)23(10-13-5-4-8-20-9-13)15(24)11-22(2)28(3,25)26/h4-9H,10-11H2,1-3H3. The number of aryl methyl sites for hydroxylation is 1. The van der Waals surface area contributed by atoms with Gasteiger partial charge in [-0.1, -0.05) is 35.1 Å². The predicted molar refractivity (Wildman–Crippen MR) is 112 cm³/mol. The average Bonchev–Trinajstić information content (AvgIpc) is 3.09. The number of halogens is 1. The van der Waals surface area contributed by atoms with Crippen LogP contribution >= 0.6 is 22.9 Å². The molecule has 0 aliphatic carbocycles. The van der Waals surface area contributed by atoms with E-state index in [0.717, 1.165) is 31.9 Å². The zero-order valence-electron chi connectivity index (χ0n) is 15.6. The molecule has 0 saturated carbocycles. The number of thiazole rings is 1. The van der Waals surface area contributed by atoms with Gasteiger partial charge in [-0.25, -0.2) is 13.4 Å². The van der Waals surface area contributed by atoms with E-state index in [9.17, 15) is 13.2 Å². The van der Waals surface area contributed by atoms with Gasteiger partial charge in [0.2, 0.25) is 15.9 Å². The monoisotopic (exact) mass is 438 g/mol. The lowest BCUT2D eigenvalue weighted by Gasteiger charge is -2.22. The van der Waals surface area contributed by atoms with Crippen LogP contribution in [-0.4, -0.2) is 48.4 Å². The fourth-order valence-electron chi connectivity index (χ4n) is 2.54. The number of nitrogens with zero attached hydrogens (tertiary/aromatic N) is 4. The molecule has 10 heteroatoms. The smallest absolute Gasteiger partial charge is 0.244 e. The van der Waals surface area contributed by atoms with E-state index in [1.165, 1.54) is 23.3 Å². The summed E-state index contributed by atoms with van der Waals surface area (Å²) < 4.78 is 25.3. The Balaban J connectivity index is 2.02. The van der Waals surface area contributed by atoms with Crippen LogP contribution in [0.15, 0.2) is 36.7 Å². The molecule has 148 valence electrons. The Morgan fingerprint density at radius 3 is 2.64 bits per heavy atom. The molecule has 0 saturated heterocycles. The van der Waals surface area contributed by atoms with Crippen molar-refractivity contribution in [3.05, 3.63) is 52.8 Å². The number of aromatic nitrogens is 2. The van der Waals surface area contributed by atoms with Crippen LogP contribution < -0.4 is 4.90 Å². The summed E-state index contributed by atoms with van der Waals surface area (Å²) in [6, 6.07) is 7.30. The van der Waals surface area contributed by atoms with Gasteiger partial charge in [0.15, 0.2) is 5.13 Å². The number of anilines is 1. The fourth-order valence-corrected chi connectivity index (χ4v) is 4.21. The van der Waals surface area contributed by atoms with Crippen LogP contribution in [-0.2, 0) is 21.4 Å². The van der Waals surface area contributed by atoms with Crippen LogP contribution in [0.25, 0.3) is 10.2 Å². The number of carbonyl (C=O) groups excluding carboxylic acids is 1. The van der Waals surface area contributed by atoms with Crippen LogP contribution in [0.5, 0.6) is 0 Å². The molecule has 0 bridgehead atoms. The lowest BCUT2D eigenvalue weighted by atomic mass is 10.2. The Labute approximate surface area is 172 Å². The second-order valence-electron chi connectivity index (χ2n) is 6.40. The maximum Gasteiger partial charge on any atom is 0.244 e. The largest absolute Gasteiger partial charge is 0.282 e. The van der Waals surface area contributed by atoms with Gasteiger partial charge in [0.1, 0.15) is 0 Å². The number of hydrogen-bond acceptors (Lipinski definition) is 6. The minimum Gasteiger partial charge on any atom is -0.282 e.